The van der Waals surface area contributed by atoms with E-state index in [1.54, 1.807) is 6.07 Å². The van der Waals surface area contributed by atoms with Gasteiger partial charge in [-0.05, 0) is 18.9 Å². The summed E-state index contributed by atoms with van der Waals surface area (Å²) in [5.41, 5.74) is 7.85. The number of carbonyl (C=O) groups is 1. The number of nitrogens with zero attached hydrogens (tertiary/aromatic N) is 1. The summed E-state index contributed by atoms with van der Waals surface area (Å²) in [5.74, 6) is -0.128. The van der Waals surface area contributed by atoms with Crippen molar-refractivity contribution in [2.24, 2.45) is 5.73 Å². The lowest BCUT2D eigenvalue weighted by Gasteiger charge is -2.28. The topological polar surface area (TPSA) is 83.8 Å². The number of aromatic nitrogens is 2. The summed E-state index contributed by atoms with van der Waals surface area (Å²) in [6.45, 7) is 0.485. The Kier molecular flexibility index (Phi) is 5.21. The molecule has 0 spiro atoms. The van der Waals surface area contributed by atoms with Crippen LogP contribution in [0.2, 0.25) is 0 Å². The molecule has 5 nitrogen and oxygen atoms in total. The smallest absolute Gasteiger partial charge is 0.269 e. The van der Waals surface area contributed by atoms with Crippen molar-refractivity contribution in [1.29, 1.82) is 0 Å². The van der Waals surface area contributed by atoms with E-state index in [9.17, 15) is 4.79 Å². The SMILES string of the molecule is Cl.NCC1(NC(=O)c2cc(-c3ccccc3)n[nH]2)CCCC1. The Hall–Kier alpha value is -1.85. The molecule has 3 rings (SSSR count). The van der Waals surface area contributed by atoms with Crippen LogP contribution in [-0.4, -0.2) is 28.2 Å². The zero-order valence-electron chi connectivity index (χ0n) is 12.3. The summed E-state index contributed by atoms with van der Waals surface area (Å²) in [4.78, 5) is 12.4. The minimum atomic E-state index is -0.241. The summed E-state index contributed by atoms with van der Waals surface area (Å²) >= 11 is 0. The number of hydrogen-bond donors (Lipinski definition) is 3. The number of nitrogens with one attached hydrogen (secondary N) is 2. The number of hydrogen-bond acceptors (Lipinski definition) is 3. The monoisotopic (exact) mass is 320 g/mol. The van der Waals surface area contributed by atoms with E-state index in [1.807, 2.05) is 30.3 Å². The van der Waals surface area contributed by atoms with Gasteiger partial charge in [-0.1, -0.05) is 43.2 Å². The van der Waals surface area contributed by atoms with Gasteiger partial charge in [-0.15, -0.1) is 12.4 Å². The van der Waals surface area contributed by atoms with E-state index < -0.39 is 0 Å². The molecule has 4 N–H and O–H groups in total. The van der Waals surface area contributed by atoms with Crippen molar-refractivity contribution >= 4 is 18.3 Å². The van der Waals surface area contributed by atoms with Crippen molar-refractivity contribution in [3.8, 4) is 11.3 Å². The summed E-state index contributed by atoms with van der Waals surface area (Å²) in [6.07, 6.45) is 4.15. The van der Waals surface area contributed by atoms with Gasteiger partial charge < -0.3 is 11.1 Å². The number of benzene rings is 1. The van der Waals surface area contributed by atoms with Crippen molar-refractivity contribution in [3.63, 3.8) is 0 Å². The third-order valence-electron chi connectivity index (χ3n) is 4.22. The van der Waals surface area contributed by atoms with Gasteiger partial charge in [-0.2, -0.15) is 5.10 Å². The van der Waals surface area contributed by atoms with E-state index in [4.69, 9.17) is 5.73 Å². The number of carbonyl (C=O) groups excluding carboxylic acids is 1. The molecule has 0 radical (unpaired) electrons. The molecule has 0 atom stereocenters. The Labute approximate surface area is 136 Å². The van der Waals surface area contributed by atoms with E-state index >= 15 is 0 Å². The Morgan fingerprint density at radius 1 is 1.27 bits per heavy atom. The molecule has 1 amide bonds. The van der Waals surface area contributed by atoms with Crippen molar-refractivity contribution in [2.45, 2.75) is 31.2 Å². The summed E-state index contributed by atoms with van der Waals surface area (Å²) in [7, 11) is 0. The lowest BCUT2D eigenvalue weighted by Crippen LogP contribution is -2.51. The van der Waals surface area contributed by atoms with Gasteiger partial charge in [0.05, 0.1) is 11.2 Å². The van der Waals surface area contributed by atoms with Gasteiger partial charge in [0.15, 0.2) is 0 Å². The number of H-pyrrole nitrogens is 1. The molecule has 22 heavy (non-hydrogen) atoms. The zero-order valence-corrected chi connectivity index (χ0v) is 13.2. The Bertz CT molecular complexity index is 620. The second kappa shape index (κ2) is 6.94. The highest BCUT2D eigenvalue weighted by Crippen LogP contribution is 2.29. The normalized spacial score (nSPS) is 16.0. The standard InChI is InChI=1S/C16H20N4O.ClH/c17-11-16(8-4-5-9-16)18-15(21)14-10-13(19-20-14)12-6-2-1-3-7-12;/h1-3,6-7,10H,4-5,8-9,11,17H2,(H,18,21)(H,19,20);1H. The first kappa shape index (κ1) is 16.5. The average molecular weight is 321 g/mol. The van der Waals surface area contributed by atoms with Crippen LogP contribution in [0.3, 0.4) is 0 Å². The molecule has 118 valence electrons. The Morgan fingerprint density at radius 2 is 1.95 bits per heavy atom. The number of halogens is 1. The van der Waals surface area contributed by atoms with E-state index in [2.05, 4.69) is 15.5 Å². The molecule has 1 fully saturated rings. The van der Waals surface area contributed by atoms with Crippen LogP contribution in [0.15, 0.2) is 36.4 Å². The molecular weight excluding hydrogens is 300 g/mol. The van der Waals surface area contributed by atoms with Crippen molar-refractivity contribution in [1.82, 2.24) is 15.5 Å². The van der Waals surface area contributed by atoms with Crippen LogP contribution in [0.25, 0.3) is 11.3 Å². The summed E-state index contributed by atoms with van der Waals surface area (Å²) in [5, 5.41) is 10.1. The Morgan fingerprint density at radius 3 is 2.59 bits per heavy atom. The third-order valence-corrected chi connectivity index (χ3v) is 4.22. The second-order valence-corrected chi connectivity index (χ2v) is 5.68. The van der Waals surface area contributed by atoms with Gasteiger partial charge in [0.25, 0.3) is 5.91 Å². The van der Waals surface area contributed by atoms with Crippen LogP contribution in [0.4, 0.5) is 0 Å². The second-order valence-electron chi connectivity index (χ2n) is 5.68. The van der Waals surface area contributed by atoms with E-state index in [0.29, 0.717) is 12.2 Å². The quantitative estimate of drug-likeness (QED) is 0.809. The minimum Gasteiger partial charge on any atom is -0.344 e. The molecule has 1 aromatic heterocycles. The lowest BCUT2D eigenvalue weighted by molar-refractivity contribution is 0.0898. The number of aromatic amines is 1. The van der Waals surface area contributed by atoms with Crippen molar-refractivity contribution in [3.05, 3.63) is 42.1 Å². The van der Waals surface area contributed by atoms with E-state index in [0.717, 1.165) is 36.9 Å². The van der Waals surface area contributed by atoms with E-state index in [-0.39, 0.29) is 23.9 Å². The fourth-order valence-electron chi connectivity index (χ4n) is 2.93. The van der Waals surface area contributed by atoms with Crippen molar-refractivity contribution in [2.75, 3.05) is 6.54 Å². The van der Waals surface area contributed by atoms with Crippen LogP contribution >= 0.6 is 12.4 Å². The maximum absolute atomic E-state index is 12.4. The first-order valence-electron chi connectivity index (χ1n) is 7.36. The molecule has 0 bridgehead atoms. The largest absolute Gasteiger partial charge is 0.344 e. The average Bonchev–Trinajstić information content (AvgIpc) is 3.18. The molecule has 6 heteroatoms. The van der Waals surface area contributed by atoms with E-state index in [1.165, 1.54) is 0 Å². The number of nitrogens with two attached hydrogens (primary N) is 1. The maximum Gasteiger partial charge on any atom is 0.269 e. The molecule has 0 unspecified atom stereocenters. The van der Waals surface area contributed by atoms with Crippen LogP contribution in [0.1, 0.15) is 36.2 Å². The molecule has 1 heterocycles. The molecule has 2 aromatic rings. The zero-order chi connectivity index (χ0) is 14.7. The molecule has 0 aliphatic heterocycles. The van der Waals surface area contributed by atoms with Gasteiger partial charge in [0.1, 0.15) is 5.69 Å². The van der Waals surface area contributed by atoms with Crippen LogP contribution in [-0.2, 0) is 0 Å². The van der Waals surface area contributed by atoms with Crippen LogP contribution in [0.5, 0.6) is 0 Å². The first-order valence-corrected chi connectivity index (χ1v) is 7.36. The molecule has 1 aromatic carbocycles. The number of amides is 1. The van der Waals surface area contributed by atoms with Crippen LogP contribution in [0, 0.1) is 0 Å². The predicted molar refractivity (Wildman–Crippen MR) is 89.0 cm³/mol. The minimum absolute atomic E-state index is 0. The lowest BCUT2D eigenvalue weighted by atomic mass is 9.97. The maximum atomic E-state index is 12.4. The summed E-state index contributed by atoms with van der Waals surface area (Å²) in [6, 6.07) is 11.6. The fraction of sp³-hybridized carbons (Fsp3) is 0.375. The van der Waals surface area contributed by atoms with Gasteiger partial charge in [0, 0.05) is 12.1 Å². The highest BCUT2D eigenvalue weighted by molar-refractivity contribution is 5.93. The molecule has 0 saturated heterocycles. The predicted octanol–water partition coefficient (Wildman–Crippen LogP) is 2.50. The molecular formula is C16H21ClN4O. The fourth-order valence-corrected chi connectivity index (χ4v) is 2.93. The molecule has 1 aliphatic carbocycles. The highest BCUT2D eigenvalue weighted by atomic mass is 35.5. The van der Waals surface area contributed by atoms with Gasteiger partial charge >= 0.3 is 0 Å². The first-order chi connectivity index (χ1) is 10.2. The van der Waals surface area contributed by atoms with Gasteiger partial charge in [0.2, 0.25) is 0 Å². The van der Waals surface area contributed by atoms with Gasteiger partial charge in [-0.3, -0.25) is 9.89 Å². The molecule has 1 aliphatic rings. The molecule has 1 saturated carbocycles. The highest BCUT2D eigenvalue weighted by Gasteiger charge is 2.34. The number of rotatable bonds is 4. The summed E-state index contributed by atoms with van der Waals surface area (Å²) < 4.78 is 0. The van der Waals surface area contributed by atoms with Crippen molar-refractivity contribution < 1.29 is 4.79 Å². The van der Waals surface area contributed by atoms with Crippen LogP contribution < -0.4 is 11.1 Å². The Balaban J connectivity index is 0.00000176. The third kappa shape index (κ3) is 3.31. The van der Waals surface area contributed by atoms with Gasteiger partial charge in [-0.25, -0.2) is 0 Å².